The number of nitrogens with zero attached hydrogens (tertiary/aromatic N) is 6. The number of anilines is 1. The van der Waals surface area contributed by atoms with E-state index >= 15 is 0 Å². The van der Waals surface area contributed by atoms with Gasteiger partial charge in [0.2, 0.25) is 5.95 Å². The lowest BCUT2D eigenvalue weighted by atomic mass is 10.1. The second-order valence-electron chi connectivity index (χ2n) is 8.78. The van der Waals surface area contributed by atoms with Gasteiger partial charge in [-0.25, -0.2) is 9.38 Å². The number of rotatable bonds is 4. The molecule has 6 rings (SSSR count). The van der Waals surface area contributed by atoms with Crippen LogP contribution < -0.4 is 4.90 Å². The van der Waals surface area contributed by atoms with E-state index in [0.717, 1.165) is 38.8 Å². The maximum Gasteiger partial charge on any atom is 0.264 e. The summed E-state index contributed by atoms with van der Waals surface area (Å²) in [7, 11) is 0. The van der Waals surface area contributed by atoms with E-state index in [0.29, 0.717) is 31.1 Å². The molecule has 1 saturated heterocycles. The monoisotopic (exact) mass is 502 g/mol. The van der Waals surface area contributed by atoms with Gasteiger partial charge in [-0.2, -0.15) is 0 Å². The van der Waals surface area contributed by atoms with Gasteiger partial charge in [0.1, 0.15) is 5.82 Å². The van der Waals surface area contributed by atoms with Crippen molar-refractivity contribution >= 4 is 51.3 Å². The van der Waals surface area contributed by atoms with Crippen molar-refractivity contribution in [3.63, 3.8) is 0 Å². The molecule has 0 bridgehead atoms. The van der Waals surface area contributed by atoms with Crippen LogP contribution in [0.2, 0.25) is 5.02 Å². The molecule has 4 heterocycles. The summed E-state index contributed by atoms with van der Waals surface area (Å²) in [6.45, 7) is 4.03. The second kappa shape index (κ2) is 8.94. The maximum absolute atomic E-state index is 13.0. The second-order valence-corrected chi connectivity index (χ2v) is 10.2. The summed E-state index contributed by atoms with van der Waals surface area (Å²) in [4.78, 5) is 23.0. The molecule has 3 aromatic heterocycles. The molecule has 7 nitrogen and oxygen atoms in total. The Kier molecular flexibility index (Phi) is 5.62. The summed E-state index contributed by atoms with van der Waals surface area (Å²) in [5.41, 5.74) is 2.70. The van der Waals surface area contributed by atoms with Crippen molar-refractivity contribution in [2.75, 3.05) is 24.5 Å². The van der Waals surface area contributed by atoms with Crippen LogP contribution in [-0.4, -0.2) is 56.1 Å². The lowest BCUT2D eigenvalue weighted by molar-refractivity contribution is 0.0678. The fourth-order valence-electron chi connectivity index (χ4n) is 4.73. The molecule has 0 N–H and O–H groups in total. The molecule has 0 spiro atoms. The maximum atomic E-state index is 13.0. The Morgan fingerprint density at radius 3 is 2.71 bits per heavy atom. The van der Waals surface area contributed by atoms with E-state index in [1.807, 2.05) is 58.8 Å². The van der Waals surface area contributed by atoms with Crippen molar-refractivity contribution < 1.29 is 4.79 Å². The van der Waals surface area contributed by atoms with Crippen molar-refractivity contribution in [1.29, 1.82) is 0 Å². The highest BCUT2D eigenvalue weighted by Crippen LogP contribution is 2.29. The van der Waals surface area contributed by atoms with E-state index < -0.39 is 0 Å². The van der Waals surface area contributed by atoms with Crippen LogP contribution in [0.3, 0.4) is 0 Å². The first kappa shape index (κ1) is 22.0. The van der Waals surface area contributed by atoms with E-state index in [9.17, 15) is 4.79 Å². The van der Waals surface area contributed by atoms with Crippen LogP contribution in [0.1, 0.15) is 28.0 Å². The summed E-state index contributed by atoms with van der Waals surface area (Å²) >= 11 is 7.79. The molecule has 1 fully saturated rings. The van der Waals surface area contributed by atoms with E-state index in [1.165, 1.54) is 11.3 Å². The lowest BCUT2D eigenvalue weighted by Gasteiger charge is -2.40. The third kappa shape index (κ3) is 4.02. The number of hydrogen-bond acceptors (Lipinski definition) is 6. The molecule has 2 aromatic carbocycles. The third-order valence-corrected chi connectivity index (χ3v) is 7.55. The Morgan fingerprint density at radius 1 is 1.09 bits per heavy atom. The summed E-state index contributed by atoms with van der Waals surface area (Å²) in [5.74, 6) is 1.70. The number of thiophene rings is 1. The SMILES string of the molecule is C[C@H]1CN(c2nc3cc(Cl)ccc3c3nnc(Cc4ccccc4)n23)CCN1C(=O)c1cccs1. The average Bonchev–Trinajstić information content (AvgIpc) is 3.55. The number of aromatic nitrogens is 4. The lowest BCUT2D eigenvalue weighted by Crippen LogP contribution is -2.54. The first-order valence-corrected chi connectivity index (χ1v) is 12.8. The zero-order valence-electron chi connectivity index (χ0n) is 19.1. The van der Waals surface area contributed by atoms with Gasteiger partial charge in [-0.05, 0) is 42.1 Å². The Balaban J connectivity index is 1.41. The van der Waals surface area contributed by atoms with Gasteiger partial charge in [0.25, 0.3) is 5.91 Å². The van der Waals surface area contributed by atoms with Crippen LogP contribution in [0, 0.1) is 0 Å². The standard InChI is InChI=1S/C26H23ClN6OS/c1-17-16-31(11-12-32(17)25(34)22-8-5-13-35-22)26-28-21-15-19(27)9-10-20(21)24-30-29-23(33(24)26)14-18-6-3-2-4-7-18/h2-10,13,15,17H,11-12,14,16H2,1H3/t17-/m0/s1. The number of piperazine rings is 1. The van der Waals surface area contributed by atoms with Crippen molar-refractivity contribution in [3.05, 3.63) is 87.3 Å². The molecule has 9 heteroatoms. The molecule has 176 valence electrons. The minimum atomic E-state index is 0.0271. The molecular formula is C26H23ClN6OS. The van der Waals surface area contributed by atoms with Crippen LogP contribution in [0.15, 0.2) is 66.0 Å². The molecule has 1 amide bonds. The predicted octanol–water partition coefficient (Wildman–Crippen LogP) is 4.93. The number of amides is 1. The first-order chi connectivity index (χ1) is 17.1. The third-order valence-electron chi connectivity index (χ3n) is 6.46. The normalized spacial score (nSPS) is 16.3. The molecule has 1 atom stereocenters. The fraction of sp³-hybridized carbons (Fsp3) is 0.231. The minimum Gasteiger partial charge on any atom is -0.338 e. The smallest absolute Gasteiger partial charge is 0.264 e. The van der Waals surface area contributed by atoms with Crippen LogP contribution in [0.25, 0.3) is 16.6 Å². The number of halogens is 1. The highest BCUT2D eigenvalue weighted by molar-refractivity contribution is 7.12. The molecule has 1 aliphatic heterocycles. The van der Waals surface area contributed by atoms with E-state index in [4.69, 9.17) is 16.6 Å². The topological polar surface area (TPSA) is 66.6 Å². The van der Waals surface area contributed by atoms with Crippen LogP contribution in [0.5, 0.6) is 0 Å². The molecule has 1 aliphatic rings. The highest BCUT2D eigenvalue weighted by Gasteiger charge is 2.31. The van der Waals surface area contributed by atoms with Crippen molar-refractivity contribution in [3.8, 4) is 0 Å². The van der Waals surface area contributed by atoms with Crippen molar-refractivity contribution in [2.45, 2.75) is 19.4 Å². The van der Waals surface area contributed by atoms with E-state index in [-0.39, 0.29) is 11.9 Å². The van der Waals surface area contributed by atoms with Gasteiger partial charge in [0.15, 0.2) is 5.65 Å². The fourth-order valence-corrected chi connectivity index (χ4v) is 5.58. The van der Waals surface area contributed by atoms with Crippen molar-refractivity contribution in [1.82, 2.24) is 24.5 Å². The molecule has 0 saturated carbocycles. The van der Waals surface area contributed by atoms with Crippen LogP contribution >= 0.6 is 22.9 Å². The summed E-state index contributed by atoms with van der Waals surface area (Å²) in [6, 6.07) is 19.7. The Morgan fingerprint density at radius 2 is 1.94 bits per heavy atom. The van der Waals surface area contributed by atoms with Crippen LogP contribution in [0.4, 0.5) is 5.95 Å². The zero-order valence-corrected chi connectivity index (χ0v) is 20.7. The number of benzene rings is 2. The molecular weight excluding hydrogens is 480 g/mol. The van der Waals surface area contributed by atoms with Crippen molar-refractivity contribution in [2.24, 2.45) is 0 Å². The van der Waals surface area contributed by atoms with Gasteiger partial charge in [-0.3, -0.25) is 4.79 Å². The van der Waals surface area contributed by atoms with Gasteiger partial charge in [-0.1, -0.05) is 48.0 Å². The van der Waals surface area contributed by atoms with E-state index in [2.05, 4.69) is 38.6 Å². The number of carbonyl (C=O) groups excluding carboxylic acids is 1. The summed E-state index contributed by atoms with van der Waals surface area (Å²) in [5, 5.41) is 12.6. The zero-order chi connectivity index (χ0) is 23.9. The molecule has 5 aromatic rings. The number of carbonyl (C=O) groups is 1. The van der Waals surface area contributed by atoms with Gasteiger partial charge >= 0.3 is 0 Å². The molecule has 0 unspecified atom stereocenters. The van der Waals surface area contributed by atoms with Crippen LogP contribution in [-0.2, 0) is 6.42 Å². The Bertz CT molecular complexity index is 1520. The number of hydrogen-bond donors (Lipinski definition) is 0. The van der Waals surface area contributed by atoms with Gasteiger partial charge in [0, 0.05) is 42.5 Å². The first-order valence-electron chi connectivity index (χ1n) is 11.5. The average molecular weight is 503 g/mol. The Hall–Kier alpha value is -3.49. The van der Waals surface area contributed by atoms with Gasteiger partial charge < -0.3 is 9.80 Å². The Labute approximate surface area is 211 Å². The van der Waals surface area contributed by atoms with Gasteiger partial charge in [0.05, 0.1) is 10.4 Å². The summed E-state index contributed by atoms with van der Waals surface area (Å²) in [6.07, 6.45) is 0.641. The molecule has 0 radical (unpaired) electrons. The number of fused-ring (bicyclic) bond motifs is 3. The quantitative estimate of drug-likeness (QED) is 0.348. The summed E-state index contributed by atoms with van der Waals surface area (Å²) < 4.78 is 2.06. The van der Waals surface area contributed by atoms with E-state index in [1.54, 1.807) is 0 Å². The largest absolute Gasteiger partial charge is 0.338 e. The highest BCUT2D eigenvalue weighted by atomic mass is 35.5. The predicted molar refractivity (Wildman–Crippen MR) is 140 cm³/mol. The minimum absolute atomic E-state index is 0.0271. The van der Waals surface area contributed by atoms with Gasteiger partial charge in [-0.15, -0.1) is 21.5 Å². The molecule has 0 aliphatic carbocycles. The molecule has 35 heavy (non-hydrogen) atoms.